The first-order valence-electron chi connectivity index (χ1n) is 18.8. The Morgan fingerprint density at radius 1 is 0.286 bits per heavy atom. The number of rotatable bonds is 4. The minimum atomic E-state index is 0.583. The number of furan rings is 2. The summed E-state index contributed by atoms with van der Waals surface area (Å²) in [4.78, 5) is 15.7. The van der Waals surface area contributed by atoms with Crippen molar-refractivity contribution in [1.29, 1.82) is 0 Å². The Bertz CT molecular complexity index is 3560. The van der Waals surface area contributed by atoms with Gasteiger partial charge in [-0.05, 0) is 79.8 Å². The number of benzene rings is 9. The predicted octanol–water partition coefficient (Wildman–Crippen LogP) is 13.8. The highest BCUT2D eigenvalue weighted by Crippen LogP contribution is 2.40. The van der Waals surface area contributed by atoms with Gasteiger partial charge in [0.1, 0.15) is 22.3 Å². The first-order valence-corrected chi connectivity index (χ1v) is 18.8. The molecule has 0 fully saturated rings. The summed E-state index contributed by atoms with van der Waals surface area (Å²) in [6.45, 7) is 0. The molecular weight excluding hydrogens is 687 g/mol. The monoisotopic (exact) mass is 715 g/mol. The third-order valence-corrected chi connectivity index (χ3v) is 11.1. The van der Waals surface area contributed by atoms with Crippen LogP contribution in [0.2, 0.25) is 0 Å². The van der Waals surface area contributed by atoms with Crippen molar-refractivity contribution in [3.05, 3.63) is 176 Å². The molecule has 12 aromatic rings. The summed E-state index contributed by atoms with van der Waals surface area (Å²) < 4.78 is 12.6. The molecule has 0 N–H and O–H groups in total. The topological polar surface area (TPSA) is 65.0 Å². The van der Waals surface area contributed by atoms with E-state index in [9.17, 15) is 0 Å². The molecule has 0 unspecified atom stereocenters. The standard InChI is InChI=1S/C51H29N3O2/c1-2-13-35-30(10-1)24-27-38-37(35)26-25-31-22-23-34(29-42(31)38)50-52-49(53-51(54-50)41-17-9-21-46-48(41)40-15-4-6-19-44(40)56-46)33-12-7-11-32(28-33)36-16-8-20-45-47(36)39-14-3-5-18-43(39)55-45/h1-29H. The number of hydrogen-bond acceptors (Lipinski definition) is 5. The molecular formula is C51H29N3O2. The zero-order valence-corrected chi connectivity index (χ0v) is 29.9. The van der Waals surface area contributed by atoms with Crippen LogP contribution in [0.1, 0.15) is 0 Å². The van der Waals surface area contributed by atoms with E-state index in [2.05, 4.69) is 121 Å². The Morgan fingerprint density at radius 3 is 1.52 bits per heavy atom. The molecule has 5 nitrogen and oxygen atoms in total. The van der Waals surface area contributed by atoms with Crippen LogP contribution in [0.15, 0.2) is 185 Å². The molecule has 0 radical (unpaired) electrons. The molecule has 3 heterocycles. The Kier molecular flexibility index (Phi) is 6.56. The Balaban J connectivity index is 1.09. The van der Waals surface area contributed by atoms with Gasteiger partial charge in [-0.2, -0.15) is 0 Å². The molecule has 56 heavy (non-hydrogen) atoms. The molecule has 0 atom stereocenters. The molecule has 12 rings (SSSR count). The summed E-state index contributed by atoms with van der Waals surface area (Å²) in [5.41, 5.74) is 8.18. The normalized spacial score (nSPS) is 11.9. The number of nitrogens with zero attached hydrogens (tertiary/aromatic N) is 3. The van der Waals surface area contributed by atoms with Gasteiger partial charge in [0.15, 0.2) is 17.5 Å². The first kappa shape index (κ1) is 30.8. The van der Waals surface area contributed by atoms with E-state index >= 15 is 0 Å². The van der Waals surface area contributed by atoms with Crippen LogP contribution in [0.5, 0.6) is 0 Å². The van der Waals surface area contributed by atoms with Crippen molar-refractivity contribution in [3.8, 4) is 45.3 Å². The SMILES string of the molecule is c1cc(-c2nc(-c3ccc4ccc5c6ccccc6ccc5c4c3)nc(-c3cccc4oc5ccccc5c34)n2)cc(-c2cccc3oc4ccccc4c23)c1. The quantitative estimate of drug-likeness (QED) is 0.170. The van der Waals surface area contributed by atoms with Crippen LogP contribution in [0.4, 0.5) is 0 Å². The van der Waals surface area contributed by atoms with Crippen LogP contribution in [-0.4, -0.2) is 15.0 Å². The maximum Gasteiger partial charge on any atom is 0.164 e. The molecule has 9 aromatic carbocycles. The maximum absolute atomic E-state index is 6.31. The summed E-state index contributed by atoms with van der Waals surface area (Å²) >= 11 is 0. The summed E-state index contributed by atoms with van der Waals surface area (Å²) in [5, 5.41) is 11.4. The molecule has 0 aliphatic heterocycles. The van der Waals surface area contributed by atoms with E-state index in [-0.39, 0.29) is 0 Å². The van der Waals surface area contributed by atoms with Gasteiger partial charge in [-0.25, -0.2) is 15.0 Å². The zero-order chi connectivity index (χ0) is 36.7. The summed E-state index contributed by atoms with van der Waals surface area (Å²) in [6.07, 6.45) is 0. The fourth-order valence-corrected chi connectivity index (χ4v) is 8.51. The number of fused-ring (bicyclic) bond motifs is 11. The van der Waals surface area contributed by atoms with E-state index in [4.69, 9.17) is 23.8 Å². The zero-order valence-electron chi connectivity index (χ0n) is 29.9. The third kappa shape index (κ3) is 4.71. The van der Waals surface area contributed by atoms with E-state index in [1.807, 2.05) is 54.6 Å². The minimum Gasteiger partial charge on any atom is -0.456 e. The van der Waals surface area contributed by atoms with Gasteiger partial charge in [0.05, 0.1) is 0 Å². The summed E-state index contributed by atoms with van der Waals surface area (Å²) in [6, 6.07) is 61.1. The van der Waals surface area contributed by atoms with Gasteiger partial charge in [0.25, 0.3) is 0 Å². The predicted molar refractivity (Wildman–Crippen MR) is 229 cm³/mol. The van der Waals surface area contributed by atoms with Crippen LogP contribution in [0, 0.1) is 0 Å². The molecule has 0 aliphatic rings. The maximum atomic E-state index is 6.31. The van der Waals surface area contributed by atoms with Crippen LogP contribution in [0.3, 0.4) is 0 Å². The Hall–Kier alpha value is -7.63. The van der Waals surface area contributed by atoms with Crippen LogP contribution >= 0.6 is 0 Å². The van der Waals surface area contributed by atoms with Gasteiger partial charge in [0.2, 0.25) is 0 Å². The fourth-order valence-electron chi connectivity index (χ4n) is 8.51. The van der Waals surface area contributed by atoms with Crippen molar-refractivity contribution in [3.63, 3.8) is 0 Å². The van der Waals surface area contributed by atoms with E-state index in [0.29, 0.717) is 17.5 Å². The van der Waals surface area contributed by atoms with Gasteiger partial charge in [-0.1, -0.05) is 140 Å². The minimum absolute atomic E-state index is 0.583. The lowest BCUT2D eigenvalue weighted by molar-refractivity contribution is 0.668. The number of aromatic nitrogens is 3. The fraction of sp³-hybridized carbons (Fsp3) is 0. The second kappa shape index (κ2) is 11.9. The van der Waals surface area contributed by atoms with Crippen molar-refractivity contribution in [2.75, 3.05) is 0 Å². The lowest BCUT2D eigenvalue weighted by Gasteiger charge is -2.12. The lowest BCUT2D eigenvalue weighted by atomic mass is 9.96. The van der Waals surface area contributed by atoms with Crippen LogP contribution in [0.25, 0.3) is 121 Å². The average Bonchev–Trinajstić information content (AvgIpc) is 3.85. The lowest BCUT2D eigenvalue weighted by Crippen LogP contribution is -2.00. The molecule has 0 bridgehead atoms. The first-order chi connectivity index (χ1) is 27.7. The van der Waals surface area contributed by atoms with Crippen molar-refractivity contribution >= 4 is 76.2 Å². The highest BCUT2D eigenvalue weighted by atomic mass is 16.3. The van der Waals surface area contributed by atoms with E-state index in [0.717, 1.165) is 82.5 Å². The average molecular weight is 716 g/mol. The smallest absolute Gasteiger partial charge is 0.164 e. The molecule has 0 amide bonds. The van der Waals surface area contributed by atoms with Gasteiger partial charge in [-0.15, -0.1) is 0 Å². The number of para-hydroxylation sites is 2. The van der Waals surface area contributed by atoms with Gasteiger partial charge in [-0.3, -0.25) is 0 Å². The molecule has 0 aliphatic carbocycles. The highest BCUT2D eigenvalue weighted by Gasteiger charge is 2.19. The summed E-state index contributed by atoms with van der Waals surface area (Å²) in [5.74, 6) is 1.77. The molecule has 0 saturated heterocycles. The van der Waals surface area contributed by atoms with Crippen molar-refractivity contribution in [2.24, 2.45) is 0 Å². The van der Waals surface area contributed by atoms with E-state index in [1.54, 1.807) is 0 Å². The van der Waals surface area contributed by atoms with Crippen LogP contribution < -0.4 is 0 Å². The largest absolute Gasteiger partial charge is 0.456 e. The molecule has 5 heteroatoms. The molecule has 0 saturated carbocycles. The van der Waals surface area contributed by atoms with Crippen LogP contribution in [-0.2, 0) is 0 Å². The Labute approximate surface area is 320 Å². The van der Waals surface area contributed by atoms with Gasteiger partial charge >= 0.3 is 0 Å². The summed E-state index contributed by atoms with van der Waals surface area (Å²) in [7, 11) is 0. The van der Waals surface area contributed by atoms with E-state index in [1.165, 1.54) is 21.5 Å². The molecule has 0 spiro atoms. The Morgan fingerprint density at radius 2 is 0.786 bits per heavy atom. The third-order valence-electron chi connectivity index (χ3n) is 11.1. The van der Waals surface area contributed by atoms with Crippen molar-refractivity contribution in [1.82, 2.24) is 15.0 Å². The van der Waals surface area contributed by atoms with Crippen molar-refractivity contribution in [2.45, 2.75) is 0 Å². The highest BCUT2D eigenvalue weighted by molar-refractivity contribution is 6.18. The number of hydrogen-bond donors (Lipinski definition) is 0. The second-order valence-corrected chi connectivity index (χ2v) is 14.3. The van der Waals surface area contributed by atoms with Crippen molar-refractivity contribution < 1.29 is 8.83 Å². The van der Waals surface area contributed by atoms with Gasteiger partial charge < -0.3 is 8.83 Å². The molecule has 3 aromatic heterocycles. The van der Waals surface area contributed by atoms with Gasteiger partial charge in [0, 0.05) is 38.2 Å². The van der Waals surface area contributed by atoms with E-state index < -0.39 is 0 Å². The molecule has 260 valence electrons. The second-order valence-electron chi connectivity index (χ2n) is 14.3.